The summed E-state index contributed by atoms with van der Waals surface area (Å²) in [5.74, 6) is 0.388. The van der Waals surface area contributed by atoms with Crippen LogP contribution in [0.3, 0.4) is 0 Å². The zero-order chi connectivity index (χ0) is 13.2. The molecule has 102 valence electrons. The summed E-state index contributed by atoms with van der Waals surface area (Å²) in [5, 5.41) is 4.32. The summed E-state index contributed by atoms with van der Waals surface area (Å²) >= 11 is 1.58. The van der Waals surface area contributed by atoms with Gasteiger partial charge >= 0.3 is 0 Å². The second-order valence-corrected chi connectivity index (χ2v) is 6.04. The first-order valence-corrected chi connectivity index (χ1v) is 7.44. The van der Waals surface area contributed by atoms with E-state index in [1.54, 1.807) is 17.4 Å². The third kappa shape index (κ3) is 2.87. The van der Waals surface area contributed by atoms with E-state index in [1.165, 1.54) is 12.1 Å². The fourth-order valence-electron chi connectivity index (χ4n) is 2.49. The van der Waals surface area contributed by atoms with Gasteiger partial charge in [0.2, 0.25) is 0 Å². The average molecular weight is 280 g/mol. The maximum Gasteiger partial charge on any atom is 0.184 e. The highest BCUT2D eigenvalue weighted by molar-refractivity contribution is 7.22. The largest absolute Gasteiger partial charge is 0.381 e. The molecule has 2 aromatic rings. The SMILES string of the molecule is CC(Nc1nc2cc(F)ccc2s1)C1CCOCC1. The number of anilines is 1. The van der Waals surface area contributed by atoms with Crippen molar-refractivity contribution >= 4 is 26.7 Å². The van der Waals surface area contributed by atoms with Gasteiger partial charge in [0.05, 0.1) is 10.2 Å². The van der Waals surface area contributed by atoms with Gasteiger partial charge in [0.15, 0.2) is 5.13 Å². The van der Waals surface area contributed by atoms with E-state index in [-0.39, 0.29) is 5.82 Å². The molecule has 5 heteroatoms. The number of halogens is 1. The molecule has 1 saturated heterocycles. The lowest BCUT2D eigenvalue weighted by Crippen LogP contribution is -2.30. The van der Waals surface area contributed by atoms with Crippen molar-refractivity contribution in [1.82, 2.24) is 4.98 Å². The molecule has 1 aliphatic rings. The maximum absolute atomic E-state index is 13.1. The van der Waals surface area contributed by atoms with Crippen molar-refractivity contribution in [3.05, 3.63) is 24.0 Å². The van der Waals surface area contributed by atoms with Gasteiger partial charge in [0.1, 0.15) is 5.82 Å². The molecule has 0 radical (unpaired) electrons. The van der Waals surface area contributed by atoms with Crippen LogP contribution in [0, 0.1) is 11.7 Å². The van der Waals surface area contributed by atoms with Gasteiger partial charge in [-0.1, -0.05) is 11.3 Å². The zero-order valence-corrected chi connectivity index (χ0v) is 11.7. The van der Waals surface area contributed by atoms with Crippen molar-refractivity contribution in [3.8, 4) is 0 Å². The van der Waals surface area contributed by atoms with Gasteiger partial charge in [-0.3, -0.25) is 0 Å². The molecular formula is C14H17FN2OS. The molecule has 0 amide bonds. The average Bonchev–Trinajstić information content (AvgIpc) is 2.81. The van der Waals surface area contributed by atoms with Crippen molar-refractivity contribution in [3.63, 3.8) is 0 Å². The number of fused-ring (bicyclic) bond motifs is 1. The molecule has 1 N–H and O–H groups in total. The second-order valence-electron chi connectivity index (χ2n) is 5.01. The minimum atomic E-state index is -0.234. The first-order chi connectivity index (χ1) is 9.22. The zero-order valence-electron chi connectivity index (χ0n) is 10.9. The predicted molar refractivity (Wildman–Crippen MR) is 76.2 cm³/mol. The summed E-state index contributed by atoms with van der Waals surface area (Å²) in [5.41, 5.74) is 0.728. The molecule has 0 spiro atoms. The molecule has 3 rings (SSSR count). The van der Waals surface area contributed by atoms with Crippen LogP contribution in [-0.4, -0.2) is 24.2 Å². The van der Waals surface area contributed by atoms with Crippen LogP contribution in [0.1, 0.15) is 19.8 Å². The van der Waals surface area contributed by atoms with E-state index in [9.17, 15) is 4.39 Å². The molecule has 1 aromatic carbocycles. The molecule has 1 atom stereocenters. The van der Waals surface area contributed by atoms with Crippen LogP contribution < -0.4 is 5.32 Å². The summed E-state index contributed by atoms with van der Waals surface area (Å²) < 4.78 is 19.5. The monoisotopic (exact) mass is 280 g/mol. The van der Waals surface area contributed by atoms with Crippen LogP contribution in [0.4, 0.5) is 9.52 Å². The number of aromatic nitrogens is 1. The van der Waals surface area contributed by atoms with Crippen LogP contribution in [0.5, 0.6) is 0 Å². The molecule has 1 aliphatic heterocycles. The van der Waals surface area contributed by atoms with E-state index in [1.807, 2.05) is 0 Å². The number of nitrogens with one attached hydrogen (secondary N) is 1. The summed E-state index contributed by atoms with van der Waals surface area (Å²) in [7, 11) is 0. The number of thiazole rings is 1. The Labute approximate surface area is 115 Å². The van der Waals surface area contributed by atoms with Crippen molar-refractivity contribution < 1.29 is 9.13 Å². The predicted octanol–water partition coefficient (Wildman–Crippen LogP) is 3.66. The highest BCUT2D eigenvalue weighted by Crippen LogP contribution is 2.29. The van der Waals surface area contributed by atoms with E-state index in [0.29, 0.717) is 12.0 Å². The summed E-state index contributed by atoms with van der Waals surface area (Å²) in [6, 6.07) is 5.11. The summed E-state index contributed by atoms with van der Waals surface area (Å²) in [4.78, 5) is 4.44. The lowest BCUT2D eigenvalue weighted by Gasteiger charge is -2.28. The Morgan fingerprint density at radius 1 is 1.42 bits per heavy atom. The van der Waals surface area contributed by atoms with Gasteiger partial charge in [0.25, 0.3) is 0 Å². The minimum absolute atomic E-state index is 0.234. The number of nitrogens with zero attached hydrogens (tertiary/aromatic N) is 1. The van der Waals surface area contributed by atoms with E-state index in [2.05, 4.69) is 17.2 Å². The van der Waals surface area contributed by atoms with Gasteiger partial charge < -0.3 is 10.1 Å². The van der Waals surface area contributed by atoms with Crippen LogP contribution in [0.15, 0.2) is 18.2 Å². The van der Waals surface area contributed by atoms with Crippen molar-refractivity contribution in [2.75, 3.05) is 18.5 Å². The normalized spacial score (nSPS) is 18.6. The van der Waals surface area contributed by atoms with Crippen LogP contribution in [0.2, 0.25) is 0 Å². The Morgan fingerprint density at radius 2 is 2.21 bits per heavy atom. The fourth-order valence-corrected chi connectivity index (χ4v) is 3.43. The lowest BCUT2D eigenvalue weighted by atomic mass is 9.93. The minimum Gasteiger partial charge on any atom is -0.381 e. The maximum atomic E-state index is 13.1. The van der Waals surface area contributed by atoms with E-state index in [0.717, 1.165) is 41.4 Å². The number of hydrogen-bond donors (Lipinski definition) is 1. The summed E-state index contributed by atoms with van der Waals surface area (Å²) in [6.45, 7) is 3.88. The third-order valence-electron chi connectivity index (χ3n) is 3.67. The molecule has 0 aliphatic carbocycles. The van der Waals surface area contributed by atoms with E-state index in [4.69, 9.17) is 4.74 Å². The van der Waals surface area contributed by atoms with Crippen molar-refractivity contribution in [1.29, 1.82) is 0 Å². The Hall–Kier alpha value is -1.20. The number of benzene rings is 1. The molecule has 0 bridgehead atoms. The number of hydrogen-bond acceptors (Lipinski definition) is 4. The fraction of sp³-hybridized carbons (Fsp3) is 0.500. The summed E-state index contributed by atoms with van der Waals surface area (Å²) in [6.07, 6.45) is 2.18. The van der Waals surface area contributed by atoms with Crippen molar-refractivity contribution in [2.45, 2.75) is 25.8 Å². The molecular weight excluding hydrogens is 263 g/mol. The topological polar surface area (TPSA) is 34.2 Å². The van der Waals surface area contributed by atoms with Gasteiger partial charge in [-0.05, 0) is 37.8 Å². The Kier molecular flexibility index (Phi) is 3.66. The second kappa shape index (κ2) is 5.43. The quantitative estimate of drug-likeness (QED) is 0.931. The molecule has 1 unspecified atom stereocenters. The first-order valence-electron chi connectivity index (χ1n) is 6.63. The molecule has 1 fully saturated rings. The van der Waals surface area contributed by atoms with Crippen molar-refractivity contribution in [2.24, 2.45) is 5.92 Å². The molecule has 3 nitrogen and oxygen atoms in total. The smallest absolute Gasteiger partial charge is 0.184 e. The lowest BCUT2D eigenvalue weighted by molar-refractivity contribution is 0.0622. The standard InChI is InChI=1S/C14H17FN2OS/c1-9(10-4-6-18-7-5-10)16-14-17-12-8-11(15)2-3-13(12)19-14/h2-3,8-10H,4-7H2,1H3,(H,16,17). The molecule has 19 heavy (non-hydrogen) atoms. The third-order valence-corrected chi connectivity index (χ3v) is 4.64. The van der Waals surface area contributed by atoms with Gasteiger partial charge in [-0.15, -0.1) is 0 Å². The molecule has 2 heterocycles. The van der Waals surface area contributed by atoms with Gasteiger partial charge in [0, 0.05) is 25.3 Å². The van der Waals surface area contributed by atoms with E-state index >= 15 is 0 Å². The highest BCUT2D eigenvalue weighted by atomic mass is 32.1. The van der Waals surface area contributed by atoms with Crippen LogP contribution in [-0.2, 0) is 4.74 Å². The van der Waals surface area contributed by atoms with Crippen LogP contribution in [0.25, 0.3) is 10.2 Å². The Balaban J connectivity index is 1.73. The van der Waals surface area contributed by atoms with Crippen LogP contribution >= 0.6 is 11.3 Å². The molecule has 1 aromatic heterocycles. The van der Waals surface area contributed by atoms with Gasteiger partial charge in [-0.2, -0.15) is 0 Å². The Morgan fingerprint density at radius 3 is 3.00 bits per heavy atom. The highest BCUT2D eigenvalue weighted by Gasteiger charge is 2.21. The van der Waals surface area contributed by atoms with E-state index < -0.39 is 0 Å². The number of ether oxygens (including phenoxy) is 1. The first kappa shape index (κ1) is 12.8. The molecule has 0 saturated carbocycles. The Bertz CT molecular complexity index is 566. The van der Waals surface area contributed by atoms with Gasteiger partial charge in [-0.25, -0.2) is 9.37 Å². The number of rotatable bonds is 3.